The van der Waals surface area contributed by atoms with E-state index in [1.807, 2.05) is 20.8 Å². The van der Waals surface area contributed by atoms with Gasteiger partial charge in [0.25, 0.3) is 0 Å². The molecule has 5 heteroatoms. The number of rotatable bonds is 6. The first-order valence-electron chi connectivity index (χ1n) is 7.08. The van der Waals surface area contributed by atoms with E-state index in [1.165, 1.54) is 6.42 Å². The van der Waals surface area contributed by atoms with Crippen molar-refractivity contribution < 1.29 is 8.42 Å². The predicted molar refractivity (Wildman–Crippen MR) is 75.9 cm³/mol. The smallest absolute Gasteiger partial charge is 0.214 e. The second kappa shape index (κ2) is 6.35. The van der Waals surface area contributed by atoms with Gasteiger partial charge in [0.1, 0.15) is 0 Å². The standard InChI is InChI=1S/C13H28N2O2S/c1-4-15(18(16,17)10-12(2)3)13(11-14)8-6-5-7-9-13/h12H,4-11,14H2,1-3H3. The van der Waals surface area contributed by atoms with E-state index >= 15 is 0 Å². The van der Waals surface area contributed by atoms with Gasteiger partial charge < -0.3 is 5.73 Å². The van der Waals surface area contributed by atoms with Gasteiger partial charge in [0, 0.05) is 18.6 Å². The van der Waals surface area contributed by atoms with Crippen LogP contribution in [-0.2, 0) is 10.0 Å². The van der Waals surface area contributed by atoms with Gasteiger partial charge in [0.05, 0.1) is 5.75 Å². The van der Waals surface area contributed by atoms with Crippen LogP contribution in [0, 0.1) is 5.92 Å². The third-order valence-corrected chi connectivity index (χ3v) is 6.27. The fourth-order valence-corrected chi connectivity index (χ4v) is 5.37. The Morgan fingerprint density at radius 3 is 2.17 bits per heavy atom. The summed E-state index contributed by atoms with van der Waals surface area (Å²) in [7, 11) is -3.19. The molecule has 1 rings (SSSR count). The molecular formula is C13H28N2O2S. The molecule has 0 aromatic rings. The molecule has 1 aliphatic rings. The van der Waals surface area contributed by atoms with Gasteiger partial charge in [0.15, 0.2) is 0 Å². The molecule has 0 spiro atoms. The highest BCUT2D eigenvalue weighted by molar-refractivity contribution is 7.89. The molecule has 18 heavy (non-hydrogen) atoms. The van der Waals surface area contributed by atoms with Crippen molar-refractivity contribution in [1.82, 2.24) is 4.31 Å². The SMILES string of the molecule is CCN(C1(CN)CCCCC1)S(=O)(=O)CC(C)C. The lowest BCUT2D eigenvalue weighted by Crippen LogP contribution is -2.57. The summed E-state index contributed by atoms with van der Waals surface area (Å²) in [4.78, 5) is 0. The van der Waals surface area contributed by atoms with Crippen LogP contribution in [0.3, 0.4) is 0 Å². The van der Waals surface area contributed by atoms with Gasteiger partial charge in [-0.25, -0.2) is 8.42 Å². The van der Waals surface area contributed by atoms with Gasteiger partial charge in [-0.3, -0.25) is 0 Å². The fraction of sp³-hybridized carbons (Fsp3) is 1.00. The highest BCUT2D eigenvalue weighted by atomic mass is 32.2. The zero-order valence-electron chi connectivity index (χ0n) is 12.0. The zero-order chi connectivity index (χ0) is 13.8. The van der Waals surface area contributed by atoms with Crippen LogP contribution in [0.1, 0.15) is 52.9 Å². The Labute approximate surface area is 112 Å². The van der Waals surface area contributed by atoms with Crippen LogP contribution in [0.4, 0.5) is 0 Å². The van der Waals surface area contributed by atoms with Crippen LogP contribution in [0.25, 0.3) is 0 Å². The average Bonchev–Trinajstić information content (AvgIpc) is 2.28. The summed E-state index contributed by atoms with van der Waals surface area (Å²) in [5, 5.41) is 0. The average molecular weight is 276 g/mol. The van der Waals surface area contributed by atoms with Gasteiger partial charge >= 0.3 is 0 Å². The molecule has 0 unspecified atom stereocenters. The second-order valence-corrected chi connectivity index (χ2v) is 7.76. The highest BCUT2D eigenvalue weighted by Crippen LogP contribution is 2.35. The minimum absolute atomic E-state index is 0.155. The van der Waals surface area contributed by atoms with E-state index in [0.717, 1.165) is 25.7 Å². The quantitative estimate of drug-likeness (QED) is 0.806. The molecule has 0 aromatic carbocycles. The summed E-state index contributed by atoms with van der Waals surface area (Å²) >= 11 is 0. The van der Waals surface area contributed by atoms with Crippen molar-refractivity contribution in [3.63, 3.8) is 0 Å². The highest BCUT2D eigenvalue weighted by Gasteiger charge is 2.42. The van der Waals surface area contributed by atoms with Crippen LogP contribution < -0.4 is 5.73 Å². The molecular weight excluding hydrogens is 248 g/mol. The Morgan fingerprint density at radius 1 is 1.22 bits per heavy atom. The lowest BCUT2D eigenvalue weighted by molar-refractivity contribution is 0.140. The van der Waals surface area contributed by atoms with E-state index in [4.69, 9.17) is 5.73 Å². The van der Waals surface area contributed by atoms with Crippen molar-refractivity contribution in [2.24, 2.45) is 11.7 Å². The summed E-state index contributed by atoms with van der Waals surface area (Å²) in [6.07, 6.45) is 5.20. The van der Waals surface area contributed by atoms with Crippen LogP contribution in [-0.4, -0.2) is 37.1 Å². The maximum Gasteiger partial charge on any atom is 0.214 e. The molecule has 0 atom stereocenters. The largest absolute Gasteiger partial charge is 0.329 e. The molecule has 4 nitrogen and oxygen atoms in total. The number of nitrogens with two attached hydrogens (primary N) is 1. The van der Waals surface area contributed by atoms with Crippen molar-refractivity contribution in [2.45, 2.75) is 58.4 Å². The van der Waals surface area contributed by atoms with Gasteiger partial charge in [0.2, 0.25) is 10.0 Å². The zero-order valence-corrected chi connectivity index (χ0v) is 12.8. The third kappa shape index (κ3) is 3.45. The summed E-state index contributed by atoms with van der Waals surface area (Å²) in [6, 6.07) is 0. The first-order valence-corrected chi connectivity index (χ1v) is 8.69. The maximum absolute atomic E-state index is 12.5. The molecule has 1 aliphatic carbocycles. The Kier molecular flexibility index (Phi) is 5.62. The number of likely N-dealkylation sites (N-methyl/N-ethyl adjacent to an activating group) is 1. The van der Waals surface area contributed by atoms with Crippen molar-refractivity contribution in [3.05, 3.63) is 0 Å². The van der Waals surface area contributed by atoms with E-state index < -0.39 is 10.0 Å². The summed E-state index contributed by atoms with van der Waals surface area (Å²) in [5.41, 5.74) is 5.62. The molecule has 0 saturated heterocycles. The first kappa shape index (κ1) is 15.9. The Bertz CT molecular complexity index is 346. The summed E-state index contributed by atoms with van der Waals surface area (Å²) < 4.78 is 26.7. The molecule has 1 saturated carbocycles. The van der Waals surface area contributed by atoms with Crippen molar-refractivity contribution in [1.29, 1.82) is 0 Å². The number of hydrogen-bond acceptors (Lipinski definition) is 3. The second-order valence-electron chi connectivity index (χ2n) is 5.83. The van der Waals surface area contributed by atoms with Crippen molar-refractivity contribution >= 4 is 10.0 Å². The first-order chi connectivity index (χ1) is 8.38. The van der Waals surface area contributed by atoms with E-state index in [9.17, 15) is 8.42 Å². The van der Waals surface area contributed by atoms with Crippen molar-refractivity contribution in [2.75, 3.05) is 18.8 Å². The van der Waals surface area contributed by atoms with E-state index in [0.29, 0.717) is 13.1 Å². The Hall–Kier alpha value is -0.130. The van der Waals surface area contributed by atoms with Gasteiger partial charge in [-0.15, -0.1) is 0 Å². The topological polar surface area (TPSA) is 63.4 Å². The van der Waals surface area contributed by atoms with Gasteiger partial charge in [-0.2, -0.15) is 4.31 Å². The number of hydrogen-bond donors (Lipinski definition) is 1. The van der Waals surface area contributed by atoms with E-state index in [1.54, 1.807) is 4.31 Å². The lowest BCUT2D eigenvalue weighted by Gasteiger charge is -2.44. The van der Waals surface area contributed by atoms with Crippen LogP contribution in [0.15, 0.2) is 0 Å². The third-order valence-electron chi connectivity index (χ3n) is 3.86. The predicted octanol–water partition coefficient (Wildman–Crippen LogP) is 1.96. The minimum Gasteiger partial charge on any atom is -0.329 e. The van der Waals surface area contributed by atoms with Crippen LogP contribution in [0.5, 0.6) is 0 Å². The summed E-state index contributed by atoms with van der Waals surface area (Å²) in [6.45, 7) is 6.79. The summed E-state index contributed by atoms with van der Waals surface area (Å²) in [5.74, 6) is 0.380. The number of nitrogens with zero attached hydrogens (tertiary/aromatic N) is 1. The van der Waals surface area contributed by atoms with Crippen molar-refractivity contribution in [3.8, 4) is 0 Å². The monoisotopic (exact) mass is 276 g/mol. The molecule has 1 fully saturated rings. The van der Waals surface area contributed by atoms with Crippen LogP contribution >= 0.6 is 0 Å². The number of sulfonamides is 1. The van der Waals surface area contributed by atoms with Gasteiger partial charge in [-0.1, -0.05) is 40.0 Å². The molecule has 0 amide bonds. The van der Waals surface area contributed by atoms with E-state index in [2.05, 4.69) is 0 Å². The Balaban J connectivity index is 2.99. The molecule has 0 aromatic heterocycles. The lowest BCUT2D eigenvalue weighted by atomic mass is 9.81. The fourth-order valence-electron chi connectivity index (χ4n) is 3.10. The van der Waals surface area contributed by atoms with Crippen LogP contribution in [0.2, 0.25) is 0 Å². The molecule has 108 valence electrons. The molecule has 2 N–H and O–H groups in total. The molecule has 0 bridgehead atoms. The normalized spacial score (nSPS) is 20.6. The minimum atomic E-state index is -3.19. The maximum atomic E-state index is 12.5. The van der Waals surface area contributed by atoms with Gasteiger partial charge in [-0.05, 0) is 18.8 Å². The molecule has 0 heterocycles. The van der Waals surface area contributed by atoms with E-state index in [-0.39, 0.29) is 17.2 Å². The molecule has 0 aliphatic heterocycles. The molecule has 0 radical (unpaired) electrons. The Morgan fingerprint density at radius 2 is 1.78 bits per heavy atom.